The van der Waals surface area contributed by atoms with E-state index in [-0.39, 0.29) is 5.56 Å². The molecule has 2 aromatic rings. The predicted octanol–water partition coefficient (Wildman–Crippen LogP) is 1.71. The summed E-state index contributed by atoms with van der Waals surface area (Å²) in [5, 5.41) is 0. The van der Waals surface area contributed by atoms with Gasteiger partial charge in [-0.15, -0.1) is 0 Å². The van der Waals surface area contributed by atoms with E-state index in [9.17, 15) is 4.79 Å². The van der Waals surface area contributed by atoms with E-state index in [0.29, 0.717) is 29.4 Å². The molecule has 0 aliphatic rings. The van der Waals surface area contributed by atoms with E-state index in [4.69, 9.17) is 4.74 Å². The molecule has 94 valence electrons. The van der Waals surface area contributed by atoms with Crippen LogP contribution >= 0.6 is 0 Å². The van der Waals surface area contributed by atoms with Crippen LogP contribution in [0.4, 0.5) is 0 Å². The first kappa shape index (κ1) is 12.3. The Morgan fingerprint density at radius 3 is 2.78 bits per heavy atom. The van der Waals surface area contributed by atoms with Gasteiger partial charge in [-0.05, 0) is 19.4 Å². The second-order valence-electron chi connectivity index (χ2n) is 3.90. The van der Waals surface area contributed by atoms with E-state index in [0.717, 1.165) is 5.69 Å². The molecule has 0 amide bonds. The molecule has 0 spiro atoms. The Balaban J connectivity index is 2.57. The highest BCUT2D eigenvalue weighted by molar-refractivity contribution is 5.50. The average Bonchev–Trinajstić information content (AvgIpc) is 2.41. The molecule has 0 atom stereocenters. The molecule has 2 heterocycles. The molecule has 0 saturated heterocycles. The summed E-state index contributed by atoms with van der Waals surface area (Å²) in [6.07, 6.45) is 0.715. The Labute approximate surface area is 105 Å². The summed E-state index contributed by atoms with van der Waals surface area (Å²) in [6, 6.07) is 5.35. The number of hydrogen-bond donors (Lipinski definition) is 1. The van der Waals surface area contributed by atoms with Gasteiger partial charge in [0.15, 0.2) is 5.82 Å². The molecule has 18 heavy (non-hydrogen) atoms. The topological polar surface area (TPSA) is 67.9 Å². The molecule has 5 nitrogen and oxygen atoms in total. The molecule has 5 heteroatoms. The van der Waals surface area contributed by atoms with Crippen LogP contribution in [-0.4, -0.2) is 22.1 Å². The zero-order chi connectivity index (χ0) is 13.1. The summed E-state index contributed by atoms with van der Waals surface area (Å²) in [6.45, 7) is 3.74. The number of methoxy groups -OCH3 is 1. The largest absolute Gasteiger partial charge is 0.481 e. The normalized spacial score (nSPS) is 10.4. The lowest BCUT2D eigenvalue weighted by molar-refractivity contribution is 0.398. The van der Waals surface area contributed by atoms with Crippen molar-refractivity contribution in [3.05, 3.63) is 39.8 Å². The van der Waals surface area contributed by atoms with Crippen molar-refractivity contribution in [1.29, 1.82) is 0 Å². The van der Waals surface area contributed by atoms with Crippen molar-refractivity contribution in [2.24, 2.45) is 0 Å². The lowest BCUT2D eigenvalue weighted by atomic mass is 10.2. The van der Waals surface area contributed by atoms with E-state index in [1.807, 2.05) is 13.0 Å². The minimum atomic E-state index is -0.124. The second kappa shape index (κ2) is 5.00. The Morgan fingerprint density at radius 1 is 1.33 bits per heavy atom. The first-order chi connectivity index (χ1) is 8.65. The van der Waals surface area contributed by atoms with Crippen LogP contribution in [0.5, 0.6) is 5.88 Å². The molecule has 0 bridgehead atoms. The SMILES string of the molecule is CCc1nc(-c2cccc(OC)n2)[nH]c(=O)c1C. The third-order valence-corrected chi connectivity index (χ3v) is 2.76. The van der Waals surface area contributed by atoms with Gasteiger partial charge < -0.3 is 9.72 Å². The summed E-state index contributed by atoms with van der Waals surface area (Å²) in [7, 11) is 1.55. The van der Waals surface area contributed by atoms with E-state index in [1.165, 1.54) is 0 Å². The van der Waals surface area contributed by atoms with E-state index in [1.54, 1.807) is 26.2 Å². The number of nitrogens with zero attached hydrogens (tertiary/aromatic N) is 2. The monoisotopic (exact) mass is 245 g/mol. The van der Waals surface area contributed by atoms with Crippen molar-refractivity contribution >= 4 is 0 Å². The van der Waals surface area contributed by atoms with Crippen molar-refractivity contribution in [3.63, 3.8) is 0 Å². The molecular formula is C13H15N3O2. The molecule has 0 aromatic carbocycles. The lowest BCUT2D eigenvalue weighted by Crippen LogP contribution is -2.16. The average molecular weight is 245 g/mol. The van der Waals surface area contributed by atoms with Crippen LogP contribution in [0.15, 0.2) is 23.0 Å². The molecule has 0 aliphatic heterocycles. The number of rotatable bonds is 3. The number of aryl methyl sites for hydroxylation is 1. The van der Waals surface area contributed by atoms with Gasteiger partial charge >= 0.3 is 0 Å². The standard InChI is InChI=1S/C13H15N3O2/c1-4-9-8(2)13(17)16-12(15-9)10-6-5-7-11(14-10)18-3/h5-7H,4H2,1-3H3,(H,15,16,17). The number of H-pyrrole nitrogens is 1. The minimum Gasteiger partial charge on any atom is -0.481 e. The number of aromatic amines is 1. The quantitative estimate of drug-likeness (QED) is 0.893. The minimum absolute atomic E-state index is 0.124. The molecule has 0 unspecified atom stereocenters. The zero-order valence-electron chi connectivity index (χ0n) is 10.7. The van der Waals surface area contributed by atoms with Crippen LogP contribution in [0.1, 0.15) is 18.2 Å². The van der Waals surface area contributed by atoms with Gasteiger partial charge in [-0.3, -0.25) is 4.79 Å². The van der Waals surface area contributed by atoms with Gasteiger partial charge in [0.25, 0.3) is 5.56 Å². The van der Waals surface area contributed by atoms with Gasteiger partial charge in [-0.25, -0.2) is 9.97 Å². The molecule has 2 aromatic heterocycles. The predicted molar refractivity (Wildman–Crippen MR) is 68.8 cm³/mol. The van der Waals surface area contributed by atoms with E-state index in [2.05, 4.69) is 15.0 Å². The van der Waals surface area contributed by atoms with Gasteiger partial charge in [0, 0.05) is 11.6 Å². The first-order valence-electron chi connectivity index (χ1n) is 5.77. The Morgan fingerprint density at radius 2 is 2.11 bits per heavy atom. The third-order valence-electron chi connectivity index (χ3n) is 2.76. The van der Waals surface area contributed by atoms with Crippen LogP contribution < -0.4 is 10.3 Å². The molecule has 2 rings (SSSR count). The van der Waals surface area contributed by atoms with Crippen molar-refractivity contribution in [2.75, 3.05) is 7.11 Å². The van der Waals surface area contributed by atoms with Gasteiger partial charge in [0.2, 0.25) is 5.88 Å². The fourth-order valence-corrected chi connectivity index (χ4v) is 1.71. The van der Waals surface area contributed by atoms with Crippen LogP contribution in [0.3, 0.4) is 0 Å². The van der Waals surface area contributed by atoms with Crippen molar-refractivity contribution < 1.29 is 4.74 Å². The van der Waals surface area contributed by atoms with E-state index < -0.39 is 0 Å². The highest BCUT2D eigenvalue weighted by Gasteiger charge is 2.09. The summed E-state index contributed by atoms with van der Waals surface area (Å²) in [5.41, 5.74) is 1.92. The highest BCUT2D eigenvalue weighted by atomic mass is 16.5. The van der Waals surface area contributed by atoms with Crippen LogP contribution in [0.25, 0.3) is 11.5 Å². The number of nitrogens with one attached hydrogen (secondary N) is 1. The lowest BCUT2D eigenvalue weighted by Gasteiger charge is -2.06. The Hall–Kier alpha value is -2.17. The zero-order valence-corrected chi connectivity index (χ0v) is 10.7. The Bertz CT molecular complexity index is 620. The van der Waals surface area contributed by atoms with Crippen LogP contribution in [0.2, 0.25) is 0 Å². The Kier molecular flexibility index (Phi) is 3.41. The van der Waals surface area contributed by atoms with Crippen LogP contribution in [0, 0.1) is 6.92 Å². The summed E-state index contributed by atoms with van der Waals surface area (Å²) in [5.74, 6) is 0.968. The molecule has 0 saturated carbocycles. The van der Waals surface area contributed by atoms with Gasteiger partial charge in [0.05, 0.1) is 12.8 Å². The van der Waals surface area contributed by atoms with Crippen molar-refractivity contribution in [3.8, 4) is 17.4 Å². The summed E-state index contributed by atoms with van der Waals surface area (Å²) < 4.78 is 5.06. The van der Waals surface area contributed by atoms with Crippen LogP contribution in [-0.2, 0) is 6.42 Å². The smallest absolute Gasteiger partial charge is 0.254 e. The first-order valence-corrected chi connectivity index (χ1v) is 5.77. The van der Waals surface area contributed by atoms with E-state index >= 15 is 0 Å². The maximum atomic E-state index is 11.8. The van der Waals surface area contributed by atoms with Gasteiger partial charge in [-0.2, -0.15) is 0 Å². The third kappa shape index (κ3) is 2.25. The second-order valence-corrected chi connectivity index (χ2v) is 3.90. The van der Waals surface area contributed by atoms with Gasteiger partial charge in [-0.1, -0.05) is 13.0 Å². The number of pyridine rings is 1. The molecular weight excluding hydrogens is 230 g/mol. The van der Waals surface area contributed by atoms with Crippen molar-refractivity contribution in [1.82, 2.24) is 15.0 Å². The molecule has 0 aliphatic carbocycles. The van der Waals surface area contributed by atoms with Gasteiger partial charge in [0.1, 0.15) is 5.69 Å². The van der Waals surface area contributed by atoms with Crippen molar-refractivity contribution in [2.45, 2.75) is 20.3 Å². The maximum Gasteiger partial charge on any atom is 0.254 e. The maximum absolute atomic E-state index is 11.8. The molecule has 0 fully saturated rings. The summed E-state index contributed by atoms with van der Waals surface area (Å²) in [4.78, 5) is 23.2. The highest BCUT2D eigenvalue weighted by Crippen LogP contribution is 2.15. The molecule has 1 N–H and O–H groups in total. The fourth-order valence-electron chi connectivity index (χ4n) is 1.71. The number of aromatic nitrogens is 3. The fraction of sp³-hybridized carbons (Fsp3) is 0.308. The molecule has 0 radical (unpaired) electrons. The summed E-state index contributed by atoms with van der Waals surface area (Å²) >= 11 is 0. The number of ether oxygens (including phenoxy) is 1. The number of hydrogen-bond acceptors (Lipinski definition) is 4.